The number of carbonyl (C=O) groups excluding carboxylic acids is 1. The van der Waals surface area contributed by atoms with Gasteiger partial charge in [0.2, 0.25) is 5.91 Å². The van der Waals surface area contributed by atoms with E-state index in [1.807, 2.05) is 18.2 Å². The number of hydrogen-bond acceptors (Lipinski definition) is 3. The quantitative estimate of drug-likeness (QED) is 0.840. The number of rotatable bonds is 4. The predicted octanol–water partition coefficient (Wildman–Crippen LogP) is 1.86. The molecule has 0 saturated heterocycles. The molecule has 0 aliphatic carbocycles. The Labute approximate surface area is 120 Å². The minimum Gasteiger partial charge on any atom is -0.343 e. The van der Waals surface area contributed by atoms with E-state index >= 15 is 0 Å². The van der Waals surface area contributed by atoms with Crippen LogP contribution in [0.1, 0.15) is 11.1 Å². The number of amides is 1. The molecule has 4 heteroatoms. The summed E-state index contributed by atoms with van der Waals surface area (Å²) in [6.07, 6.45) is 3.00. The lowest BCUT2D eigenvalue weighted by atomic mass is 9.94. The van der Waals surface area contributed by atoms with Crippen LogP contribution in [0.15, 0.2) is 24.3 Å². The molecule has 1 aliphatic heterocycles. The first-order valence-electron chi connectivity index (χ1n) is 6.61. The van der Waals surface area contributed by atoms with E-state index in [-0.39, 0.29) is 5.91 Å². The second-order valence-corrected chi connectivity index (χ2v) is 6.12. The highest BCUT2D eigenvalue weighted by atomic mass is 32.2. The second kappa shape index (κ2) is 6.44. The van der Waals surface area contributed by atoms with E-state index in [2.05, 4.69) is 36.2 Å². The van der Waals surface area contributed by atoms with Crippen molar-refractivity contribution < 1.29 is 4.79 Å². The van der Waals surface area contributed by atoms with E-state index in [1.54, 1.807) is 11.8 Å². The van der Waals surface area contributed by atoms with Crippen molar-refractivity contribution in [3.05, 3.63) is 35.4 Å². The molecule has 0 saturated carbocycles. The van der Waals surface area contributed by atoms with Crippen LogP contribution in [0, 0.1) is 0 Å². The Kier molecular flexibility index (Phi) is 4.88. The molecule has 1 unspecified atom stereocenters. The number of fused-ring (bicyclic) bond motifs is 1. The number of hydrogen-bond donors (Lipinski definition) is 0. The van der Waals surface area contributed by atoms with Gasteiger partial charge in [-0.3, -0.25) is 9.69 Å². The highest BCUT2D eigenvalue weighted by molar-refractivity contribution is 7.99. The van der Waals surface area contributed by atoms with Gasteiger partial charge in [0, 0.05) is 26.2 Å². The Morgan fingerprint density at radius 1 is 1.42 bits per heavy atom. The number of carbonyl (C=O) groups is 1. The Bertz CT molecular complexity index is 450. The van der Waals surface area contributed by atoms with Gasteiger partial charge in [0.15, 0.2) is 0 Å². The van der Waals surface area contributed by atoms with Crippen LogP contribution in [0.25, 0.3) is 0 Å². The second-order valence-electron chi connectivity index (χ2n) is 5.25. The minimum absolute atomic E-state index is 0.222. The summed E-state index contributed by atoms with van der Waals surface area (Å²) < 4.78 is 0. The smallest absolute Gasteiger partial charge is 0.232 e. The van der Waals surface area contributed by atoms with Crippen LogP contribution in [0.4, 0.5) is 0 Å². The summed E-state index contributed by atoms with van der Waals surface area (Å²) in [7, 11) is 4.06. The minimum atomic E-state index is 0.222. The lowest BCUT2D eigenvalue weighted by Gasteiger charge is -2.36. The van der Waals surface area contributed by atoms with E-state index in [1.165, 1.54) is 11.1 Å². The number of nitrogens with zero attached hydrogens (tertiary/aromatic N) is 2. The van der Waals surface area contributed by atoms with Gasteiger partial charge in [-0.2, -0.15) is 11.8 Å². The van der Waals surface area contributed by atoms with Gasteiger partial charge in [0.25, 0.3) is 0 Å². The van der Waals surface area contributed by atoms with Gasteiger partial charge in [-0.25, -0.2) is 0 Å². The van der Waals surface area contributed by atoms with Crippen molar-refractivity contribution in [2.45, 2.75) is 19.0 Å². The number of likely N-dealkylation sites (N-methyl/N-ethyl adjacent to an activating group) is 2. The third-order valence-corrected chi connectivity index (χ3v) is 4.33. The Morgan fingerprint density at radius 2 is 2.11 bits per heavy atom. The predicted molar refractivity (Wildman–Crippen MR) is 81.4 cm³/mol. The van der Waals surface area contributed by atoms with Gasteiger partial charge in [-0.1, -0.05) is 24.3 Å². The van der Waals surface area contributed by atoms with E-state index in [4.69, 9.17) is 0 Å². The van der Waals surface area contributed by atoms with Crippen LogP contribution in [-0.4, -0.2) is 54.4 Å². The van der Waals surface area contributed by atoms with Crippen molar-refractivity contribution in [3.63, 3.8) is 0 Å². The van der Waals surface area contributed by atoms with Crippen molar-refractivity contribution in [2.24, 2.45) is 0 Å². The molecule has 3 nitrogen and oxygen atoms in total. The molecule has 19 heavy (non-hydrogen) atoms. The van der Waals surface area contributed by atoms with Crippen LogP contribution in [0.2, 0.25) is 0 Å². The molecule has 1 aromatic carbocycles. The summed E-state index contributed by atoms with van der Waals surface area (Å²) in [6.45, 7) is 1.79. The van der Waals surface area contributed by atoms with Gasteiger partial charge >= 0.3 is 0 Å². The monoisotopic (exact) mass is 278 g/mol. The maximum Gasteiger partial charge on any atom is 0.232 e. The summed E-state index contributed by atoms with van der Waals surface area (Å²) in [4.78, 5) is 16.1. The molecule has 0 bridgehead atoms. The lowest BCUT2D eigenvalue weighted by molar-refractivity contribution is -0.127. The maximum absolute atomic E-state index is 11.9. The molecule has 2 rings (SSSR count). The largest absolute Gasteiger partial charge is 0.343 e. The molecule has 1 aliphatic rings. The first kappa shape index (κ1) is 14.4. The maximum atomic E-state index is 11.9. The molecule has 0 fully saturated rings. The molecule has 0 radical (unpaired) electrons. The lowest BCUT2D eigenvalue weighted by Crippen LogP contribution is -2.46. The summed E-state index contributed by atoms with van der Waals surface area (Å²) in [6, 6.07) is 9.03. The zero-order valence-corrected chi connectivity index (χ0v) is 12.7. The first-order chi connectivity index (χ1) is 9.11. The summed E-state index contributed by atoms with van der Waals surface area (Å²) >= 11 is 1.58. The first-order valence-corrected chi connectivity index (χ1v) is 8.01. The molecule has 0 spiro atoms. The fourth-order valence-corrected chi connectivity index (χ4v) is 3.04. The standard InChI is InChI=1S/C15H22N2OS/c1-16-9-13-7-5-4-6-12(13)8-14(16)10-17(2)15(18)11-19-3/h4-7,14H,8-11H2,1-3H3. The Hall–Kier alpha value is -1.00. The highest BCUT2D eigenvalue weighted by Gasteiger charge is 2.25. The van der Waals surface area contributed by atoms with Crippen molar-refractivity contribution in [2.75, 3.05) is 32.6 Å². The average molecular weight is 278 g/mol. The zero-order valence-electron chi connectivity index (χ0n) is 11.9. The molecular weight excluding hydrogens is 256 g/mol. The number of benzene rings is 1. The van der Waals surface area contributed by atoms with Crippen LogP contribution < -0.4 is 0 Å². The van der Waals surface area contributed by atoms with Gasteiger partial charge in [-0.15, -0.1) is 0 Å². The average Bonchev–Trinajstić information content (AvgIpc) is 2.39. The Balaban J connectivity index is 2.00. The molecular formula is C15H22N2OS. The SMILES string of the molecule is CSCC(=O)N(C)CC1Cc2ccccc2CN1C. The van der Waals surface area contributed by atoms with Crippen molar-refractivity contribution in [3.8, 4) is 0 Å². The van der Waals surface area contributed by atoms with Gasteiger partial charge in [0.05, 0.1) is 5.75 Å². The summed E-state index contributed by atoms with van der Waals surface area (Å²) in [5, 5.41) is 0. The van der Waals surface area contributed by atoms with Crippen LogP contribution in [-0.2, 0) is 17.8 Å². The topological polar surface area (TPSA) is 23.6 Å². The van der Waals surface area contributed by atoms with Crippen LogP contribution in [0.3, 0.4) is 0 Å². The van der Waals surface area contributed by atoms with E-state index < -0.39 is 0 Å². The molecule has 0 aromatic heterocycles. The van der Waals surface area contributed by atoms with Gasteiger partial charge < -0.3 is 4.90 Å². The molecule has 1 aromatic rings. The third kappa shape index (κ3) is 3.51. The van der Waals surface area contributed by atoms with Crippen molar-refractivity contribution in [1.82, 2.24) is 9.80 Å². The molecule has 104 valence electrons. The molecule has 1 amide bonds. The Morgan fingerprint density at radius 3 is 2.79 bits per heavy atom. The van der Waals surface area contributed by atoms with Gasteiger partial charge in [0.1, 0.15) is 0 Å². The van der Waals surface area contributed by atoms with E-state index in [0.29, 0.717) is 11.8 Å². The van der Waals surface area contributed by atoms with Crippen LogP contribution >= 0.6 is 11.8 Å². The van der Waals surface area contributed by atoms with E-state index in [9.17, 15) is 4.79 Å². The summed E-state index contributed by atoms with van der Waals surface area (Å²) in [5.41, 5.74) is 2.84. The van der Waals surface area contributed by atoms with Crippen molar-refractivity contribution >= 4 is 17.7 Å². The van der Waals surface area contributed by atoms with Gasteiger partial charge in [-0.05, 0) is 30.9 Å². The molecule has 0 N–H and O–H groups in total. The third-order valence-electron chi connectivity index (χ3n) is 3.80. The van der Waals surface area contributed by atoms with Crippen LogP contribution in [0.5, 0.6) is 0 Å². The zero-order chi connectivity index (χ0) is 13.8. The fourth-order valence-electron chi connectivity index (χ4n) is 2.57. The summed E-state index contributed by atoms with van der Waals surface area (Å²) in [5.74, 6) is 0.795. The number of thioether (sulfide) groups is 1. The molecule has 1 heterocycles. The highest BCUT2D eigenvalue weighted by Crippen LogP contribution is 2.22. The normalized spacial score (nSPS) is 19.0. The van der Waals surface area contributed by atoms with Crippen molar-refractivity contribution in [1.29, 1.82) is 0 Å². The van der Waals surface area contributed by atoms with E-state index in [0.717, 1.165) is 19.5 Å². The fraction of sp³-hybridized carbons (Fsp3) is 0.533. The molecule has 1 atom stereocenters.